The fourth-order valence-corrected chi connectivity index (χ4v) is 3.17. The van der Waals surface area contributed by atoms with E-state index in [4.69, 9.17) is 5.73 Å². The molecular weight excluding hydrogens is 295 g/mol. The Labute approximate surface area is 134 Å². The van der Waals surface area contributed by atoms with Crippen LogP contribution in [0.25, 0.3) is 0 Å². The predicted molar refractivity (Wildman–Crippen MR) is 86.6 cm³/mol. The first-order valence-electron chi connectivity index (χ1n) is 7.51. The Balaban J connectivity index is 1.82. The van der Waals surface area contributed by atoms with E-state index in [2.05, 4.69) is 0 Å². The van der Waals surface area contributed by atoms with Gasteiger partial charge in [0.2, 0.25) is 5.91 Å². The van der Waals surface area contributed by atoms with Crippen molar-refractivity contribution in [2.75, 3.05) is 11.9 Å². The highest BCUT2D eigenvalue weighted by Crippen LogP contribution is 2.34. The third-order valence-corrected chi connectivity index (χ3v) is 4.35. The van der Waals surface area contributed by atoms with E-state index in [0.717, 1.165) is 22.4 Å². The molecule has 3 rings (SSSR count). The number of fused-ring (bicyclic) bond motifs is 1. The van der Waals surface area contributed by atoms with Crippen molar-refractivity contribution in [2.24, 2.45) is 5.73 Å². The molecule has 0 unspecified atom stereocenters. The summed E-state index contributed by atoms with van der Waals surface area (Å²) < 4.78 is 13.0. The van der Waals surface area contributed by atoms with Crippen LogP contribution in [0.3, 0.4) is 0 Å². The minimum absolute atomic E-state index is 0.266. The summed E-state index contributed by atoms with van der Waals surface area (Å²) in [5.41, 5.74) is 9.11. The van der Waals surface area contributed by atoms with Crippen LogP contribution in [0.15, 0.2) is 42.5 Å². The van der Waals surface area contributed by atoms with Crippen LogP contribution in [-0.2, 0) is 17.8 Å². The second-order valence-electron chi connectivity index (χ2n) is 6.02. The number of carbonyl (C=O) groups excluding carboxylic acids is 1. The lowest BCUT2D eigenvalue weighted by Crippen LogP contribution is -2.28. The third-order valence-electron chi connectivity index (χ3n) is 4.35. The van der Waals surface area contributed by atoms with Gasteiger partial charge in [0.05, 0.1) is 12.0 Å². The Morgan fingerprint density at radius 2 is 2.00 bits per heavy atom. The van der Waals surface area contributed by atoms with E-state index in [1.54, 1.807) is 12.1 Å². The van der Waals surface area contributed by atoms with Crippen LogP contribution in [0.1, 0.15) is 22.6 Å². The summed E-state index contributed by atoms with van der Waals surface area (Å²) in [6.07, 6.45) is -0.288. The monoisotopic (exact) mass is 314 g/mol. The SMILES string of the molecule is CN(Cc1ccc2c(c1)[C@@H](C(N)=O)[C@H](O)C2)c1ccc(F)cc1. The molecule has 0 aromatic heterocycles. The molecule has 0 spiro atoms. The molecule has 0 saturated carbocycles. The molecule has 5 heteroatoms. The number of rotatable bonds is 4. The van der Waals surface area contributed by atoms with Crippen LogP contribution >= 0.6 is 0 Å². The molecule has 2 atom stereocenters. The van der Waals surface area contributed by atoms with Crippen molar-refractivity contribution in [3.8, 4) is 0 Å². The molecule has 0 fully saturated rings. The van der Waals surface area contributed by atoms with Gasteiger partial charge >= 0.3 is 0 Å². The Morgan fingerprint density at radius 3 is 2.65 bits per heavy atom. The van der Waals surface area contributed by atoms with Gasteiger partial charge in [-0.15, -0.1) is 0 Å². The number of anilines is 1. The van der Waals surface area contributed by atoms with Gasteiger partial charge in [0.15, 0.2) is 0 Å². The predicted octanol–water partition coefficient (Wildman–Crippen LogP) is 1.95. The van der Waals surface area contributed by atoms with E-state index in [0.29, 0.717) is 13.0 Å². The van der Waals surface area contributed by atoms with Crippen LogP contribution in [0.2, 0.25) is 0 Å². The molecular formula is C18H19FN2O2. The molecule has 3 N–H and O–H groups in total. The largest absolute Gasteiger partial charge is 0.392 e. The molecule has 1 amide bonds. The number of aliphatic hydroxyl groups excluding tert-OH is 1. The number of halogens is 1. The number of primary amides is 1. The number of aliphatic hydroxyl groups is 1. The minimum atomic E-state index is -0.743. The quantitative estimate of drug-likeness (QED) is 0.906. The maximum absolute atomic E-state index is 13.0. The molecule has 0 saturated heterocycles. The van der Waals surface area contributed by atoms with Crippen molar-refractivity contribution in [3.05, 3.63) is 65.0 Å². The molecule has 120 valence electrons. The van der Waals surface area contributed by atoms with Gasteiger partial charge in [0.25, 0.3) is 0 Å². The van der Waals surface area contributed by atoms with Crippen LogP contribution in [0, 0.1) is 5.82 Å². The first kappa shape index (κ1) is 15.5. The van der Waals surface area contributed by atoms with Gasteiger partial charge < -0.3 is 15.7 Å². The summed E-state index contributed by atoms with van der Waals surface area (Å²) >= 11 is 0. The zero-order valence-electron chi connectivity index (χ0n) is 12.9. The van der Waals surface area contributed by atoms with Crippen molar-refractivity contribution in [3.63, 3.8) is 0 Å². The number of amides is 1. The Kier molecular flexibility index (Phi) is 4.05. The lowest BCUT2D eigenvalue weighted by atomic mass is 9.97. The molecule has 1 aliphatic carbocycles. The van der Waals surface area contributed by atoms with Gasteiger partial charge in [-0.25, -0.2) is 4.39 Å². The molecule has 1 aliphatic rings. The standard InChI is InChI=1S/C18H19FN2O2/c1-21(14-6-4-13(19)5-7-14)10-11-2-3-12-9-16(22)17(18(20)23)15(12)8-11/h2-8,16-17,22H,9-10H2,1H3,(H2,20,23)/t16-,17-/m1/s1. The van der Waals surface area contributed by atoms with E-state index < -0.39 is 17.9 Å². The highest BCUT2D eigenvalue weighted by molar-refractivity contribution is 5.84. The molecule has 0 heterocycles. The van der Waals surface area contributed by atoms with E-state index in [-0.39, 0.29) is 5.82 Å². The average molecular weight is 314 g/mol. The van der Waals surface area contributed by atoms with Crippen LogP contribution in [0.5, 0.6) is 0 Å². The third kappa shape index (κ3) is 3.05. The van der Waals surface area contributed by atoms with Gasteiger partial charge in [-0.2, -0.15) is 0 Å². The summed E-state index contributed by atoms with van der Waals surface area (Å²) in [7, 11) is 1.92. The number of nitrogens with zero attached hydrogens (tertiary/aromatic N) is 1. The van der Waals surface area contributed by atoms with Crippen LogP contribution in [-0.4, -0.2) is 24.2 Å². The number of nitrogens with two attached hydrogens (primary N) is 1. The van der Waals surface area contributed by atoms with Gasteiger partial charge in [-0.3, -0.25) is 4.79 Å². The van der Waals surface area contributed by atoms with E-state index in [9.17, 15) is 14.3 Å². The zero-order valence-corrected chi connectivity index (χ0v) is 12.9. The maximum Gasteiger partial charge on any atom is 0.227 e. The Hall–Kier alpha value is -2.40. The maximum atomic E-state index is 13.0. The molecule has 0 aliphatic heterocycles. The summed E-state index contributed by atoms with van der Waals surface area (Å²) in [5.74, 6) is -1.40. The van der Waals surface area contributed by atoms with Crippen molar-refractivity contribution < 1.29 is 14.3 Å². The van der Waals surface area contributed by atoms with Crippen molar-refractivity contribution in [1.29, 1.82) is 0 Å². The highest BCUT2D eigenvalue weighted by atomic mass is 19.1. The van der Waals surface area contributed by atoms with Crippen LogP contribution < -0.4 is 10.6 Å². The molecule has 0 bridgehead atoms. The number of hydrogen-bond acceptors (Lipinski definition) is 3. The Bertz CT molecular complexity index is 730. The van der Waals surface area contributed by atoms with E-state index in [1.807, 2.05) is 30.1 Å². The van der Waals surface area contributed by atoms with E-state index >= 15 is 0 Å². The average Bonchev–Trinajstić information content (AvgIpc) is 2.83. The Morgan fingerprint density at radius 1 is 1.30 bits per heavy atom. The molecule has 0 radical (unpaired) electrons. The molecule has 2 aromatic rings. The second kappa shape index (κ2) is 6.01. The second-order valence-corrected chi connectivity index (χ2v) is 6.02. The fraction of sp³-hybridized carbons (Fsp3) is 0.278. The van der Waals surface area contributed by atoms with E-state index in [1.165, 1.54) is 12.1 Å². The highest BCUT2D eigenvalue weighted by Gasteiger charge is 2.35. The van der Waals surface area contributed by atoms with Gasteiger partial charge in [0.1, 0.15) is 5.82 Å². The number of benzene rings is 2. The summed E-state index contributed by atoms with van der Waals surface area (Å²) in [6, 6.07) is 12.1. The first-order valence-corrected chi connectivity index (χ1v) is 7.51. The number of hydrogen-bond donors (Lipinski definition) is 2. The lowest BCUT2D eigenvalue weighted by Gasteiger charge is -2.20. The van der Waals surface area contributed by atoms with Crippen LogP contribution in [0.4, 0.5) is 10.1 Å². The molecule has 23 heavy (non-hydrogen) atoms. The van der Waals surface area contributed by atoms with Gasteiger partial charge in [0, 0.05) is 19.3 Å². The summed E-state index contributed by atoms with van der Waals surface area (Å²) in [5, 5.41) is 10.0. The lowest BCUT2D eigenvalue weighted by molar-refractivity contribution is -0.121. The van der Waals surface area contributed by atoms with Crippen molar-refractivity contribution in [2.45, 2.75) is 25.0 Å². The van der Waals surface area contributed by atoms with Gasteiger partial charge in [-0.1, -0.05) is 18.2 Å². The zero-order chi connectivity index (χ0) is 16.6. The normalized spacial score (nSPS) is 19.4. The smallest absolute Gasteiger partial charge is 0.227 e. The van der Waals surface area contributed by atoms with Crippen molar-refractivity contribution >= 4 is 11.6 Å². The first-order chi connectivity index (χ1) is 11.0. The summed E-state index contributed by atoms with van der Waals surface area (Å²) in [6.45, 7) is 0.612. The van der Waals surface area contributed by atoms with Crippen molar-refractivity contribution in [1.82, 2.24) is 0 Å². The fourth-order valence-electron chi connectivity index (χ4n) is 3.17. The summed E-state index contributed by atoms with van der Waals surface area (Å²) in [4.78, 5) is 13.6. The molecule has 4 nitrogen and oxygen atoms in total. The molecule has 2 aromatic carbocycles. The minimum Gasteiger partial charge on any atom is -0.392 e. The van der Waals surface area contributed by atoms with Gasteiger partial charge in [-0.05, 0) is 47.4 Å². The topological polar surface area (TPSA) is 66.6 Å². The number of carbonyl (C=O) groups is 1.